The van der Waals surface area contributed by atoms with Crippen LogP contribution in [0.4, 0.5) is 0 Å². The van der Waals surface area contributed by atoms with E-state index in [1.54, 1.807) is 0 Å². The molecule has 0 bridgehead atoms. The van der Waals surface area contributed by atoms with Gasteiger partial charge < -0.3 is 14.9 Å². The molecule has 9 heavy (non-hydrogen) atoms. The second-order valence-electron chi connectivity index (χ2n) is 1.44. The van der Waals surface area contributed by atoms with E-state index in [0.717, 1.165) is 0 Å². The number of hydrogen-bond donors (Lipinski definition) is 2. The second kappa shape index (κ2) is 5.59. The van der Waals surface area contributed by atoms with Gasteiger partial charge in [0.2, 0.25) is 0 Å². The Balaban J connectivity index is 3.53. The van der Waals surface area contributed by atoms with Crippen LogP contribution in [0.25, 0.3) is 0 Å². The molecule has 54 valence electrons. The average molecular weight is 132 g/mol. The monoisotopic (exact) mass is 132 g/mol. The van der Waals surface area contributed by atoms with Gasteiger partial charge in [0.1, 0.15) is 12.4 Å². The first-order valence-electron chi connectivity index (χ1n) is 2.88. The van der Waals surface area contributed by atoms with Crippen LogP contribution in [0.2, 0.25) is 0 Å². The molecule has 0 atom stereocenters. The van der Waals surface area contributed by atoms with Crippen molar-refractivity contribution in [2.75, 3.05) is 19.8 Å². The zero-order valence-corrected chi connectivity index (χ0v) is 5.50. The fraction of sp³-hybridized carbons (Fsp3) is 0.667. The lowest BCUT2D eigenvalue weighted by Gasteiger charge is -2.02. The van der Waals surface area contributed by atoms with Crippen LogP contribution in [0.3, 0.4) is 0 Å². The van der Waals surface area contributed by atoms with E-state index in [9.17, 15) is 0 Å². The van der Waals surface area contributed by atoms with E-state index in [1.807, 2.05) is 6.92 Å². The lowest BCUT2D eigenvalue weighted by atomic mass is 10.5. The van der Waals surface area contributed by atoms with Gasteiger partial charge in [-0.25, -0.2) is 0 Å². The summed E-state index contributed by atoms with van der Waals surface area (Å²) in [5.41, 5.74) is 0. The van der Waals surface area contributed by atoms with Crippen molar-refractivity contribution in [2.45, 2.75) is 6.92 Å². The largest absolute Gasteiger partial charge is 0.496 e. The van der Waals surface area contributed by atoms with Crippen LogP contribution in [0.15, 0.2) is 11.8 Å². The van der Waals surface area contributed by atoms with Gasteiger partial charge >= 0.3 is 0 Å². The van der Waals surface area contributed by atoms with E-state index < -0.39 is 0 Å². The molecule has 0 aliphatic carbocycles. The first-order valence-corrected chi connectivity index (χ1v) is 2.88. The highest BCUT2D eigenvalue weighted by molar-refractivity contribution is 4.92. The van der Waals surface area contributed by atoms with E-state index in [2.05, 4.69) is 0 Å². The Morgan fingerprint density at radius 2 is 2.22 bits per heavy atom. The number of rotatable bonds is 4. The standard InChI is InChI=1S/C6H12O3/c1-2-9-6(5-8)3-4-7/h3,7-8H,2,4-5H2,1H3. The van der Waals surface area contributed by atoms with Crippen LogP contribution in [0, 0.1) is 0 Å². The molecule has 0 aliphatic heterocycles. The quantitative estimate of drug-likeness (QED) is 0.525. The van der Waals surface area contributed by atoms with Crippen molar-refractivity contribution in [3.63, 3.8) is 0 Å². The van der Waals surface area contributed by atoms with E-state index >= 15 is 0 Å². The first kappa shape index (κ1) is 8.46. The summed E-state index contributed by atoms with van der Waals surface area (Å²) < 4.78 is 4.88. The summed E-state index contributed by atoms with van der Waals surface area (Å²) in [6.45, 7) is 2.11. The Hall–Kier alpha value is -0.540. The van der Waals surface area contributed by atoms with Gasteiger partial charge in [-0.1, -0.05) is 0 Å². The van der Waals surface area contributed by atoms with Crippen molar-refractivity contribution in [2.24, 2.45) is 0 Å². The minimum absolute atomic E-state index is 0.0874. The molecule has 0 aromatic heterocycles. The number of aliphatic hydroxyl groups excluding tert-OH is 2. The minimum atomic E-state index is -0.144. The van der Waals surface area contributed by atoms with E-state index in [1.165, 1.54) is 6.08 Å². The van der Waals surface area contributed by atoms with Crippen LogP contribution in [-0.4, -0.2) is 30.0 Å². The molecular formula is C6H12O3. The maximum Gasteiger partial charge on any atom is 0.120 e. The van der Waals surface area contributed by atoms with Gasteiger partial charge in [0.05, 0.1) is 13.2 Å². The highest BCUT2D eigenvalue weighted by atomic mass is 16.5. The molecule has 0 fully saturated rings. The number of aliphatic hydroxyl groups is 2. The highest BCUT2D eigenvalue weighted by Crippen LogP contribution is 1.93. The Morgan fingerprint density at radius 3 is 2.56 bits per heavy atom. The zero-order chi connectivity index (χ0) is 7.11. The van der Waals surface area contributed by atoms with Crippen LogP contribution in [-0.2, 0) is 4.74 Å². The maximum absolute atomic E-state index is 8.48. The van der Waals surface area contributed by atoms with Gasteiger partial charge in [0.15, 0.2) is 0 Å². The molecule has 0 aliphatic rings. The smallest absolute Gasteiger partial charge is 0.120 e. The fourth-order valence-electron chi connectivity index (χ4n) is 0.456. The molecule has 3 heteroatoms. The number of hydrogen-bond acceptors (Lipinski definition) is 3. The molecule has 2 N–H and O–H groups in total. The van der Waals surface area contributed by atoms with E-state index in [0.29, 0.717) is 12.4 Å². The zero-order valence-electron chi connectivity index (χ0n) is 5.50. The Kier molecular flexibility index (Phi) is 5.26. The molecule has 0 aromatic carbocycles. The second-order valence-corrected chi connectivity index (χ2v) is 1.44. The van der Waals surface area contributed by atoms with Gasteiger partial charge in [-0.3, -0.25) is 0 Å². The minimum Gasteiger partial charge on any atom is -0.496 e. The van der Waals surface area contributed by atoms with E-state index in [-0.39, 0.29) is 13.2 Å². The van der Waals surface area contributed by atoms with Crippen LogP contribution >= 0.6 is 0 Å². The Bertz CT molecular complexity index is 88.3. The van der Waals surface area contributed by atoms with Gasteiger partial charge in [-0.05, 0) is 13.0 Å². The van der Waals surface area contributed by atoms with Crippen LogP contribution in [0.5, 0.6) is 0 Å². The molecule has 0 saturated heterocycles. The number of ether oxygens (including phenoxy) is 1. The summed E-state index contributed by atoms with van der Waals surface area (Å²) in [7, 11) is 0. The topological polar surface area (TPSA) is 49.7 Å². The lowest BCUT2D eigenvalue weighted by molar-refractivity contribution is 0.167. The molecule has 0 aromatic rings. The van der Waals surface area contributed by atoms with Crippen molar-refractivity contribution in [1.29, 1.82) is 0 Å². The van der Waals surface area contributed by atoms with Gasteiger partial charge in [0, 0.05) is 0 Å². The van der Waals surface area contributed by atoms with Gasteiger partial charge in [-0.2, -0.15) is 0 Å². The molecular weight excluding hydrogens is 120 g/mol. The van der Waals surface area contributed by atoms with Gasteiger partial charge in [-0.15, -0.1) is 0 Å². The van der Waals surface area contributed by atoms with Crippen molar-refractivity contribution in [3.05, 3.63) is 11.8 Å². The van der Waals surface area contributed by atoms with E-state index in [4.69, 9.17) is 14.9 Å². The third-order valence-corrected chi connectivity index (χ3v) is 0.805. The van der Waals surface area contributed by atoms with Crippen LogP contribution < -0.4 is 0 Å². The molecule has 0 saturated carbocycles. The van der Waals surface area contributed by atoms with Crippen molar-refractivity contribution in [1.82, 2.24) is 0 Å². The Labute approximate surface area is 54.6 Å². The van der Waals surface area contributed by atoms with Gasteiger partial charge in [0.25, 0.3) is 0 Å². The summed E-state index contributed by atoms with van der Waals surface area (Å²) in [5, 5.41) is 16.8. The van der Waals surface area contributed by atoms with Crippen LogP contribution in [0.1, 0.15) is 6.92 Å². The first-order chi connectivity index (χ1) is 4.35. The molecule has 0 radical (unpaired) electrons. The summed E-state index contributed by atoms with van der Waals surface area (Å²) in [4.78, 5) is 0. The van der Waals surface area contributed by atoms with Crippen molar-refractivity contribution >= 4 is 0 Å². The molecule has 0 unspecified atom stereocenters. The highest BCUT2D eigenvalue weighted by Gasteiger charge is 1.90. The summed E-state index contributed by atoms with van der Waals surface area (Å²) in [6.07, 6.45) is 1.43. The Morgan fingerprint density at radius 1 is 1.56 bits per heavy atom. The lowest BCUT2D eigenvalue weighted by Crippen LogP contribution is -1.97. The van der Waals surface area contributed by atoms with Crippen molar-refractivity contribution in [3.8, 4) is 0 Å². The SMILES string of the molecule is CCOC(=CCO)CO. The molecule has 0 rings (SSSR count). The molecule has 0 heterocycles. The average Bonchev–Trinajstić information content (AvgIpc) is 1.88. The predicted octanol–water partition coefficient (Wildman–Crippen LogP) is -0.109. The molecule has 0 spiro atoms. The maximum atomic E-state index is 8.48. The van der Waals surface area contributed by atoms with Crippen molar-refractivity contribution < 1.29 is 14.9 Å². The molecule has 3 nitrogen and oxygen atoms in total. The predicted molar refractivity (Wildman–Crippen MR) is 33.9 cm³/mol. The summed E-state index contributed by atoms with van der Waals surface area (Å²) >= 11 is 0. The summed E-state index contributed by atoms with van der Waals surface area (Å²) in [6, 6.07) is 0. The third-order valence-electron chi connectivity index (χ3n) is 0.805. The summed E-state index contributed by atoms with van der Waals surface area (Å²) in [5.74, 6) is 0.431. The third kappa shape index (κ3) is 4.00. The normalized spacial score (nSPS) is 11.7. The fourth-order valence-corrected chi connectivity index (χ4v) is 0.456. The molecule has 0 amide bonds.